The van der Waals surface area contributed by atoms with Crippen LogP contribution in [0.3, 0.4) is 0 Å². The number of piperazine rings is 3. The van der Waals surface area contributed by atoms with Gasteiger partial charge in [-0.2, -0.15) is 0 Å². The lowest BCUT2D eigenvalue weighted by Crippen LogP contribution is -2.62. The van der Waals surface area contributed by atoms with E-state index in [1.807, 2.05) is 0 Å². The van der Waals surface area contributed by atoms with Crippen LogP contribution in [-0.4, -0.2) is 53.7 Å². The van der Waals surface area contributed by atoms with Crippen LogP contribution in [0.15, 0.2) is 18.2 Å². The van der Waals surface area contributed by atoms with Gasteiger partial charge in [-0.05, 0) is 30.5 Å². The lowest BCUT2D eigenvalue weighted by molar-refractivity contribution is -0.0472. The standard InChI is InChI=1S/C15H22N2O/c1-11-4-3-5-13(12(11)2)15(18)14-10-16-6-8-17(14)9-7-16/h3-5,14-15,18H,6-10H2,1-2H3. The van der Waals surface area contributed by atoms with E-state index in [2.05, 4.69) is 41.8 Å². The van der Waals surface area contributed by atoms with Crippen LogP contribution in [0, 0.1) is 13.8 Å². The molecule has 1 aromatic carbocycles. The first-order chi connectivity index (χ1) is 8.66. The summed E-state index contributed by atoms with van der Waals surface area (Å²) >= 11 is 0. The normalized spacial score (nSPS) is 32.5. The summed E-state index contributed by atoms with van der Waals surface area (Å²) in [5.41, 5.74) is 3.61. The first-order valence-electron chi connectivity index (χ1n) is 6.87. The predicted octanol–water partition coefficient (Wildman–Crippen LogP) is 1.34. The van der Waals surface area contributed by atoms with Gasteiger partial charge in [-0.25, -0.2) is 0 Å². The summed E-state index contributed by atoms with van der Waals surface area (Å²) < 4.78 is 0. The van der Waals surface area contributed by atoms with Gasteiger partial charge in [0.1, 0.15) is 0 Å². The minimum absolute atomic E-state index is 0.271. The maximum absolute atomic E-state index is 10.7. The minimum atomic E-state index is -0.354. The summed E-state index contributed by atoms with van der Waals surface area (Å²) in [7, 11) is 0. The summed E-state index contributed by atoms with van der Waals surface area (Å²) in [5, 5.41) is 10.7. The molecule has 0 spiro atoms. The molecule has 0 amide bonds. The Balaban J connectivity index is 1.86. The summed E-state index contributed by atoms with van der Waals surface area (Å²) in [5.74, 6) is 0. The molecule has 3 aliphatic heterocycles. The van der Waals surface area contributed by atoms with Gasteiger partial charge in [0.25, 0.3) is 0 Å². The lowest BCUT2D eigenvalue weighted by atomic mass is 9.92. The Morgan fingerprint density at radius 2 is 1.89 bits per heavy atom. The topological polar surface area (TPSA) is 26.7 Å². The van der Waals surface area contributed by atoms with Gasteiger partial charge in [0, 0.05) is 32.7 Å². The van der Waals surface area contributed by atoms with Crippen LogP contribution in [0.2, 0.25) is 0 Å². The number of nitrogens with zero attached hydrogens (tertiary/aromatic N) is 2. The van der Waals surface area contributed by atoms with Crippen molar-refractivity contribution in [1.29, 1.82) is 0 Å². The van der Waals surface area contributed by atoms with E-state index in [0.29, 0.717) is 0 Å². The number of aryl methyl sites for hydroxylation is 1. The Bertz CT molecular complexity index is 438. The van der Waals surface area contributed by atoms with Gasteiger partial charge in [-0.3, -0.25) is 9.80 Å². The third-order valence-electron chi connectivity index (χ3n) is 4.65. The summed E-state index contributed by atoms with van der Waals surface area (Å²) in [6.45, 7) is 9.77. The van der Waals surface area contributed by atoms with E-state index in [1.165, 1.54) is 11.1 Å². The van der Waals surface area contributed by atoms with Crippen molar-refractivity contribution < 1.29 is 5.11 Å². The Hall–Kier alpha value is -0.900. The zero-order valence-corrected chi connectivity index (χ0v) is 11.3. The minimum Gasteiger partial charge on any atom is -0.387 e. The average molecular weight is 246 g/mol. The van der Waals surface area contributed by atoms with Gasteiger partial charge in [-0.1, -0.05) is 18.2 Å². The molecular weight excluding hydrogens is 224 g/mol. The van der Waals surface area contributed by atoms with Crippen molar-refractivity contribution in [2.75, 3.05) is 32.7 Å². The number of aliphatic hydroxyl groups excluding tert-OH is 1. The predicted molar refractivity (Wildman–Crippen MR) is 72.7 cm³/mol. The summed E-state index contributed by atoms with van der Waals surface area (Å²) in [4.78, 5) is 4.92. The molecule has 4 rings (SSSR count). The molecule has 3 aliphatic rings. The van der Waals surface area contributed by atoms with Crippen molar-refractivity contribution in [2.24, 2.45) is 0 Å². The molecule has 3 fully saturated rings. The molecule has 3 nitrogen and oxygen atoms in total. The number of hydrogen-bond acceptors (Lipinski definition) is 3. The zero-order valence-electron chi connectivity index (χ0n) is 11.3. The Morgan fingerprint density at radius 3 is 2.50 bits per heavy atom. The molecule has 0 saturated carbocycles. The number of benzene rings is 1. The third-order valence-corrected chi connectivity index (χ3v) is 4.65. The number of hydrogen-bond donors (Lipinski definition) is 1. The molecule has 0 aromatic heterocycles. The molecule has 18 heavy (non-hydrogen) atoms. The molecule has 1 aromatic rings. The smallest absolute Gasteiger partial charge is 0.0960 e. The highest BCUT2D eigenvalue weighted by Gasteiger charge is 2.36. The molecule has 0 radical (unpaired) electrons. The van der Waals surface area contributed by atoms with Crippen molar-refractivity contribution in [3.05, 3.63) is 34.9 Å². The Labute approximate surface area is 109 Å². The average Bonchev–Trinajstić information content (AvgIpc) is 2.42. The molecule has 3 heteroatoms. The van der Waals surface area contributed by atoms with Crippen molar-refractivity contribution in [3.8, 4) is 0 Å². The monoisotopic (exact) mass is 246 g/mol. The van der Waals surface area contributed by atoms with Gasteiger partial charge < -0.3 is 5.11 Å². The molecule has 2 bridgehead atoms. The number of aliphatic hydroxyl groups is 1. The van der Waals surface area contributed by atoms with Gasteiger partial charge in [0.2, 0.25) is 0 Å². The van der Waals surface area contributed by atoms with Crippen molar-refractivity contribution in [1.82, 2.24) is 9.80 Å². The quantitative estimate of drug-likeness (QED) is 0.853. The van der Waals surface area contributed by atoms with E-state index in [9.17, 15) is 5.11 Å². The molecule has 1 N–H and O–H groups in total. The van der Waals surface area contributed by atoms with E-state index in [1.54, 1.807) is 0 Å². The molecule has 2 atom stereocenters. The number of rotatable bonds is 2. The molecular formula is C15H22N2O. The fourth-order valence-electron chi connectivity index (χ4n) is 3.26. The Kier molecular flexibility index (Phi) is 3.14. The summed E-state index contributed by atoms with van der Waals surface area (Å²) in [6.07, 6.45) is -0.354. The van der Waals surface area contributed by atoms with Crippen molar-refractivity contribution in [3.63, 3.8) is 0 Å². The maximum atomic E-state index is 10.7. The van der Waals surface area contributed by atoms with Crippen LogP contribution in [0.25, 0.3) is 0 Å². The lowest BCUT2D eigenvalue weighted by Gasteiger charge is -2.49. The molecule has 2 unspecified atom stereocenters. The second-order valence-electron chi connectivity index (χ2n) is 5.64. The SMILES string of the molecule is Cc1cccc(C(O)C2CN3CCN2CC3)c1C. The highest BCUT2D eigenvalue weighted by molar-refractivity contribution is 5.35. The van der Waals surface area contributed by atoms with Crippen LogP contribution in [0.1, 0.15) is 22.8 Å². The van der Waals surface area contributed by atoms with Gasteiger partial charge >= 0.3 is 0 Å². The Morgan fingerprint density at radius 1 is 1.17 bits per heavy atom. The van der Waals surface area contributed by atoms with Gasteiger partial charge in [0.15, 0.2) is 0 Å². The number of fused-ring (bicyclic) bond motifs is 3. The second kappa shape index (κ2) is 4.65. The highest BCUT2D eigenvalue weighted by Crippen LogP contribution is 2.29. The van der Waals surface area contributed by atoms with Crippen LogP contribution in [0.5, 0.6) is 0 Å². The highest BCUT2D eigenvalue weighted by atomic mass is 16.3. The van der Waals surface area contributed by atoms with E-state index < -0.39 is 0 Å². The van der Waals surface area contributed by atoms with Crippen molar-refractivity contribution >= 4 is 0 Å². The van der Waals surface area contributed by atoms with Crippen molar-refractivity contribution in [2.45, 2.75) is 26.0 Å². The zero-order chi connectivity index (χ0) is 12.7. The largest absolute Gasteiger partial charge is 0.387 e. The molecule has 3 heterocycles. The first-order valence-corrected chi connectivity index (χ1v) is 6.87. The molecule has 3 saturated heterocycles. The van der Waals surface area contributed by atoms with E-state index in [4.69, 9.17) is 0 Å². The van der Waals surface area contributed by atoms with Gasteiger partial charge in [-0.15, -0.1) is 0 Å². The maximum Gasteiger partial charge on any atom is 0.0960 e. The fourth-order valence-corrected chi connectivity index (χ4v) is 3.26. The molecule has 0 aliphatic carbocycles. The second-order valence-corrected chi connectivity index (χ2v) is 5.64. The first kappa shape index (κ1) is 12.2. The third kappa shape index (κ3) is 1.96. The van der Waals surface area contributed by atoms with Crippen LogP contribution >= 0.6 is 0 Å². The van der Waals surface area contributed by atoms with E-state index in [-0.39, 0.29) is 12.1 Å². The van der Waals surface area contributed by atoms with Crippen LogP contribution in [-0.2, 0) is 0 Å². The summed E-state index contributed by atoms with van der Waals surface area (Å²) in [6, 6.07) is 6.51. The van der Waals surface area contributed by atoms with E-state index >= 15 is 0 Å². The van der Waals surface area contributed by atoms with Crippen LogP contribution in [0.4, 0.5) is 0 Å². The molecule has 98 valence electrons. The fraction of sp³-hybridized carbons (Fsp3) is 0.600. The van der Waals surface area contributed by atoms with E-state index in [0.717, 1.165) is 38.3 Å². The van der Waals surface area contributed by atoms with Gasteiger partial charge in [0.05, 0.1) is 12.1 Å². The van der Waals surface area contributed by atoms with Crippen LogP contribution < -0.4 is 0 Å².